The van der Waals surface area contributed by atoms with Gasteiger partial charge in [0.25, 0.3) is 11.2 Å². The van der Waals surface area contributed by atoms with Crippen LogP contribution in [0, 0.1) is 14.9 Å². The first-order valence-corrected chi connectivity index (χ1v) is 5.92. The van der Waals surface area contributed by atoms with Crippen molar-refractivity contribution in [3.05, 3.63) is 49.5 Å². The first-order valence-electron chi connectivity index (χ1n) is 5.52. The number of benzene rings is 1. The lowest BCUT2D eigenvalue weighted by Crippen LogP contribution is -2.07. The zero-order chi connectivity index (χ0) is 14.3. The summed E-state index contributed by atoms with van der Waals surface area (Å²) < 4.78 is 0.166. The first-order chi connectivity index (χ1) is 9.54. The highest BCUT2D eigenvalue weighted by atomic mass is 32.1. The van der Waals surface area contributed by atoms with Crippen LogP contribution < -0.4 is 5.56 Å². The highest BCUT2D eigenvalue weighted by Gasteiger charge is 2.12. The fourth-order valence-electron chi connectivity index (χ4n) is 1.84. The molecule has 100 valence electrons. The molecular formula is C11H7N5O3S. The van der Waals surface area contributed by atoms with Crippen LogP contribution in [0.3, 0.4) is 0 Å². The molecule has 0 aliphatic heterocycles. The van der Waals surface area contributed by atoms with Crippen LogP contribution in [0.1, 0.15) is 0 Å². The highest BCUT2D eigenvalue weighted by molar-refractivity contribution is 7.71. The molecule has 0 amide bonds. The predicted octanol–water partition coefficient (Wildman–Crippen LogP) is 1.88. The van der Waals surface area contributed by atoms with Crippen molar-refractivity contribution in [2.75, 3.05) is 0 Å². The number of nitrogens with zero attached hydrogens (tertiary/aromatic N) is 2. The van der Waals surface area contributed by atoms with Gasteiger partial charge in [0.05, 0.1) is 4.92 Å². The van der Waals surface area contributed by atoms with Gasteiger partial charge in [-0.1, -0.05) is 12.1 Å². The summed E-state index contributed by atoms with van der Waals surface area (Å²) in [5, 5.41) is 10.8. The Labute approximate surface area is 115 Å². The molecule has 2 aromatic heterocycles. The summed E-state index contributed by atoms with van der Waals surface area (Å²) in [6, 6.07) is 5.97. The fourth-order valence-corrected chi connectivity index (χ4v) is 2.03. The molecule has 3 N–H and O–H groups in total. The normalized spacial score (nSPS) is 10.8. The molecular weight excluding hydrogens is 282 g/mol. The number of hydrogen-bond acceptors (Lipinski definition) is 5. The van der Waals surface area contributed by atoms with Crippen molar-refractivity contribution in [1.29, 1.82) is 0 Å². The third kappa shape index (κ3) is 1.99. The summed E-state index contributed by atoms with van der Waals surface area (Å²) in [5.41, 5.74) is 0.604. The third-order valence-corrected chi connectivity index (χ3v) is 2.92. The Bertz CT molecular complexity index is 939. The second-order valence-corrected chi connectivity index (χ2v) is 4.43. The second kappa shape index (κ2) is 4.38. The van der Waals surface area contributed by atoms with Crippen LogP contribution in [-0.2, 0) is 0 Å². The minimum absolute atomic E-state index is 0.0511. The maximum Gasteiger partial charge on any atom is 0.277 e. The molecule has 1 aromatic carbocycles. The number of nitrogens with one attached hydrogen (secondary N) is 3. The zero-order valence-electron chi connectivity index (χ0n) is 9.84. The molecule has 0 atom stereocenters. The predicted molar refractivity (Wildman–Crippen MR) is 74.0 cm³/mol. The number of hydrogen-bond donors (Lipinski definition) is 3. The number of nitro benzene ring substituents is 1. The summed E-state index contributed by atoms with van der Waals surface area (Å²) in [6.07, 6.45) is 0. The molecule has 0 bridgehead atoms. The molecule has 0 saturated carbocycles. The van der Waals surface area contributed by atoms with E-state index in [1.165, 1.54) is 12.1 Å². The maximum atomic E-state index is 11.7. The van der Waals surface area contributed by atoms with Crippen LogP contribution in [0.2, 0.25) is 0 Å². The van der Waals surface area contributed by atoms with Gasteiger partial charge in [-0.2, -0.15) is 0 Å². The summed E-state index contributed by atoms with van der Waals surface area (Å²) in [5.74, 6) is 0.353. The molecule has 3 aromatic rings. The largest absolute Gasteiger partial charge is 0.332 e. The summed E-state index contributed by atoms with van der Waals surface area (Å²) in [4.78, 5) is 34.1. The van der Waals surface area contributed by atoms with Gasteiger partial charge in [0.1, 0.15) is 11.3 Å². The Morgan fingerprint density at radius 3 is 2.80 bits per heavy atom. The van der Waals surface area contributed by atoms with E-state index >= 15 is 0 Å². The van der Waals surface area contributed by atoms with E-state index in [0.717, 1.165) is 0 Å². The fraction of sp³-hybridized carbons (Fsp3) is 0. The van der Waals surface area contributed by atoms with Crippen LogP contribution >= 0.6 is 12.2 Å². The van der Waals surface area contributed by atoms with E-state index in [9.17, 15) is 14.9 Å². The Hall–Kier alpha value is -2.81. The van der Waals surface area contributed by atoms with E-state index in [4.69, 9.17) is 12.2 Å². The molecule has 0 saturated heterocycles. The second-order valence-electron chi connectivity index (χ2n) is 4.02. The molecule has 20 heavy (non-hydrogen) atoms. The average molecular weight is 289 g/mol. The van der Waals surface area contributed by atoms with Crippen molar-refractivity contribution in [3.8, 4) is 11.4 Å². The van der Waals surface area contributed by atoms with E-state index in [-0.39, 0.29) is 16.0 Å². The topological polar surface area (TPSA) is 120 Å². The molecule has 9 heteroatoms. The number of nitro groups is 1. The number of imidazole rings is 1. The maximum absolute atomic E-state index is 11.7. The number of H-pyrrole nitrogens is 3. The summed E-state index contributed by atoms with van der Waals surface area (Å²) >= 11 is 4.85. The Kier molecular flexibility index (Phi) is 2.68. The minimum atomic E-state index is -0.494. The van der Waals surface area contributed by atoms with Gasteiger partial charge in [-0.25, -0.2) is 4.98 Å². The van der Waals surface area contributed by atoms with Crippen molar-refractivity contribution < 1.29 is 4.92 Å². The van der Waals surface area contributed by atoms with Gasteiger partial charge in [0.2, 0.25) is 0 Å². The molecule has 0 radical (unpaired) electrons. The lowest BCUT2D eigenvalue weighted by atomic mass is 10.2. The lowest BCUT2D eigenvalue weighted by molar-refractivity contribution is -0.384. The standard InChI is InChI=1S/C11H7N5O3S/c17-10-7-9(14-11(20)15-10)13-8(12-7)5-2-1-3-6(4-5)16(18)19/h1-4H,(H3,12,13,14,15,17,20). The number of fused-ring (bicyclic) bond motifs is 1. The van der Waals surface area contributed by atoms with Crippen LogP contribution in [0.5, 0.6) is 0 Å². The average Bonchev–Trinajstić information content (AvgIpc) is 2.83. The van der Waals surface area contributed by atoms with E-state index in [2.05, 4.69) is 19.9 Å². The molecule has 8 nitrogen and oxygen atoms in total. The van der Waals surface area contributed by atoms with Crippen molar-refractivity contribution in [1.82, 2.24) is 19.9 Å². The molecule has 0 aliphatic carbocycles. The van der Waals surface area contributed by atoms with Crippen molar-refractivity contribution in [3.63, 3.8) is 0 Å². The SMILES string of the molecule is O=c1[nH]c(=S)[nH]c2nc(-c3cccc([N+](=O)[O-])c3)[nH]c12. The number of aromatic nitrogens is 4. The third-order valence-electron chi connectivity index (χ3n) is 2.72. The van der Waals surface area contributed by atoms with Gasteiger partial charge in [-0.05, 0) is 12.2 Å². The Balaban J connectivity index is 2.22. The van der Waals surface area contributed by atoms with Gasteiger partial charge >= 0.3 is 0 Å². The molecule has 0 fully saturated rings. The number of non-ortho nitro benzene ring substituents is 1. The van der Waals surface area contributed by atoms with Gasteiger partial charge in [0, 0.05) is 17.7 Å². The molecule has 0 spiro atoms. The Morgan fingerprint density at radius 1 is 1.25 bits per heavy atom. The monoisotopic (exact) mass is 289 g/mol. The quantitative estimate of drug-likeness (QED) is 0.378. The van der Waals surface area contributed by atoms with Crippen LogP contribution in [0.25, 0.3) is 22.6 Å². The van der Waals surface area contributed by atoms with Gasteiger partial charge in [0.15, 0.2) is 10.4 Å². The van der Waals surface area contributed by atoms with E-state index in [1.807, 2.05) is 0 Å². The van der Waals surface area contributed by atoms with Gasteiger partial charge < -0.3 is 9.97 Å². The van der Waals surface area contributed by atoms with Crippen molar-refractivity contribution >= 4 is 29.1 Å². The molecule has 0 unspecified atom stereocenters. The van der Waals surface area contributed by atoms with Gasteiger partial charge in [-0.3, -0.25) is 19.9 Å². The van der Waals surface area contributed by atoms with E-state index < -0.39 is 10.5 Å². The first kappa shape index (κ1) is 12.2. The highest BCUT2D eigenvalue weighted by Crippen LogP contribution is 2.22. The van der Waals surface area contributed by atoms with Crippen LogP contribution in [0.15, 0.2) is 29.1 Å². The lowest BCUT2D eigenvalue weighted by Gasteiger charge is -1.95. The molecule has 3 rings (SSSR count). The molecule has 0 aliphatic rings. The minimum Gasteiger partial charge on any atom is -0.332 e. The smallest absolute Gasteiger partial charge is 0.277 e. The van der Waals surface area contributed by atoms with Gasteiger partial charge in [-0.15, -0.1) is 0 Å². The Morgan fingerprint density at radius 2 is 2.05 bits per heavy atom. The van der Waals surface area contributed by atoms with Crippen molar-refractivity contribution in [2.45, 2.75) is 0 Å². The van der Waals surface area contributed by atoms with Crippen LogP contribution in [0.4, 0.5) is 5.69 Å². The van der Waals surface area contributed by atoms with E-state index in [0.29, 0.717) is 17.0 Å². The summed E-state index contributed by atoms with van der Waals surface area (Å²) in [6.45, 7) is 0. The zero-order valence-corrected chi connectivity index (χ0v) is 10.7. The van der Waals surface area contributed by atoms with Crippen LogP contribution in [-0.4, -0.2) is 24.9 Å². The number of rotatable bonds is 2. The number of aromatic amines is 3. The summed E-state index contributed by atoms with van der Waals surface area (Å²) in [7, 11) is 0. The van der Waals surface area contributed by atoms with E-state index in [1.54, 1.807) is 12.1 Å². The molecule has 2 heterocycles. The van der Waals surface area contributed by atoms with Crippen molar-refractivity contribution in [2.24, 2.45) is 0 Å².